The molecule has 2 unspecified atom stereocenters. The Kier molecular flexibility index (Phi) is 5.57. The summed E-state index contributed by atoms with van der Waals surface area (Å²) in [6, 6.07) is 0.708. The first kappa shape index (κ1) is 11.0. The van der Waals surface area contributed by atoms with Gasteiger partial charge in [-0.2, -0.15) is 0 Å². The van der Waals surface area contributed by atoms with E-state index in [4.69, 9.17) is 0 Å². The Labute approximate surface area is 71.6 Å². The Morgan fingerprint density at radius 1 is 1.18 bits per heavy atom. The van der Waals surface area contributed by atoms with Crippen molar-refractivity contribution >= 4 is 0 Å². The van der Waals surface area contributed by atoms with E-state index < -0.39 is 0 Å². The molecule has 1 N–H and O–H groups in total. The molecule has 0 fully saturated rings. The van der Waals surface area contributed by atoms with Gasteiger partial charge in [0, 0.05) is 6.04 Å². The van der Waals surface area contributed by atoms with Crippen molar-refractivity contribution in [3.63, 3.8) is 0 Å². The summed E-state index contributed by atoms with van der Waals surface area (Å²) in [6.45, 7) is 9.17. The summed E-state index contributed by atoms with van der Waals surface area (Å²) in [6.07, 6.45) is 2.58. The minimum atomic E-state index is 0.708. The molecule has 0 radical (unpaired) electrons. The van der Waals surface area contributed by atoms with Crippen LogP contribution in [0.2, 0.25) is 0 Å². The van der Waals surface area contributed by atoms with Crippen molar-refractivity contribution in [2.24, 2.45) is 11.8 Å². The lowest BCUT2D eigenvalue weighted by atomic mass is 9.88. The van der Waals surface area contributed by atoms with Gasteiger partial charge in [0.25, 0.3) is 0 Å². The van der Waals surface area contributed by atoms with E-state index in [0.29, 0.717) is 6.04 Å². The van der Waals surface area contributed by atoms with Gasteiger partial charge in [0.1, 0.15) is 0 Å². The molecular formula is C10H23N. The summed E-state index contributed by atoms with van der Waals surface area (Å²) in [4.78, 5) is 0. The van der Waals surface area contributed by atoms with Crippen molar-refractivity contribution in [1.29, 1.82) is 0 Å². The molecule has 0 aromatic rings. The van der Waals surface area contributed by atoms with Crippen LogP contribution in [0.3, 0.4) is 0 Å². The van der Waals surface area contributed by atoms with Gasteiger partial charge in [-0.25, -0.2) is 0 Å². The zero-order chi connectivity index (χ0) is 8.85. The molecule has 0 aromatic heterocycles. The van der Waals surface area contributed by atoms with E-state index >= 15 is 0 Å². The Balaban J connectivity index is 3.81. The molecule has 2 atom stereocenters. The first-order chi connectivity index (χ1) is 5.13. The highest BCUT2D eigenvalue weighted by molar-refractivity contribution is 4.73. The highest BCUT2D eigenvalue weighted by Crippen LogP contribution is 2.17. The highest BCUT2D eigenvalue weighted by Gasteiger charge is 2.16. The molecular weight excluding hydrogens is 134 g/mol. The van der Waals surface area contributed by atoms with Gasteiger partial charge in [0.15, 0.2) is 0 Å². The minimum absolute atomic E-state index is 0.708. The van der Waals surface area contributed by atoms with E-state index in [1.807, 2.05) is 0 Å². The fraction of sp³-hybridized carbons (Fsp3) is 1.00. The van der Waals surface area contributed by atoms with Crippen LogP contribution in [0.1, 0.15) is 40.5 Å². The van der Waals surface area contributed by atoms with Crippen molar-refractivity contribution in [2.45, 2.75) is 46.6 Å². The van der Waals surface area contributed by atoms with E-state index in [1.165, 1.54) is 12.8 Å². The van der Waals surface area contributed by atoms with Crippen molar-refractivity contribution < 1.29 is 0 Å². The fourth-order valence-corrected chi connectivity index (χ4v) is 1.45. The third-order valence-corrected chi connectivity index (χ3v) is 2.66. The van der Waals surface area contributed by atoms with E-state index in [2.05, 4.69) is 40.1 Å². The minimum Gasteiger partial charge on any atom is -0.317 e. The molecule has 0 amide bonds. The van der Waals surface area contributed by atoms with Crippen LogP contribution in [-0.4, -0.2) is 13.1 Å². The molecule has 0 aliphatic carbocycles. The summed E-state index contributed by atoms with van der Waals surface area (Å²) in [5.41, 5.74) is 0. The van der Waals surface area contributed by atoms with Crippen LogP contribution in [0.4, 0.5) is 0 Å². The number of rotatable bonds is 5. The molecule has 0 aliphatic heterocycles. The van der Waals surface area contributed by atoms with Crippen LogP contribution >= 0.6 is 0 Å². The normalized spacial score (nSPS) is 16.9. The predicted molar refractivity (Wildman–Crippen MR) is 51.8 cm³/mol. The summed E-state index contributed by atoms with van der Waals surface area (Å²) < 4.78 is 0. The number of nitrogens with one attached hydrogen (secondary N) is 1. The highest BCUT2D eigenvalue weighted by atomic mass is 14.9. The van der Waals surface area contributed by atoms with Crippen LogP contribution < -0.4 is 5.32 Å². The maximum absolute atomic E-state index is 3.38. The lowest BCUT2D eigenvalue weighted by molar-refractivity contribution is 0.296. The number of hydrogen-bond acceptors (Lipinski definition) is 1. The Bertz CT molecular complexity index is 88.9. The number of hydrogen-bond donors (Lipinski definition) is 1. The smallest absolute Gasteiger partial charge is 0.00920 e. The molecule has 1 nitrogen and oxygen atoms in total. The average molecular weight is 157 g/mol. The van der Waals surface area contributed by atoms with Crippen LogP contribution in [0.15, 0.2) is 0 Å². The van der Waals surface area contributed by atoms with Gasteiger partial charge in [-0.15, -0.1) is 0 Å². The van der Waals surface area contributed by atoms with Gasteiger partial charge in [-0.1, -0.05) is 34.1 Å². The summed E-state index contributed by atoms with van der Waals surface area (Å²) in [5.74, 6) is 1.58. The molecule has 0 aliphatic rings. The maximum Gasteiger partial charge on any atom is 0.00920 e. The molecule has 68 valence electrons. The summed E-state index contributed by atoms with van der Waals surface area (Å²) in [7, 11) is 2.07. The SMILES string of the molecule is CCCC(NC)C(C)C(C)C. The molecule has 1 heteroatoms. The Hall–Kier alpha value is -0.0400. The van der Waals surface area contributed by atoms with Crippen molar-refractivity contribution in [3.8, 4) is 0 Å². The first-order valence-electron chi connectivity index (χ1n) is 4.80. The van der Waals surface area contributed by atoms with Crippen LogP contribution in [0.5, 0.6) is 0 Å². The van der Waals surface area contributed by atoms with E-state index in [-0.39, 0.29) is 0 Å². The molecule has 0 saturated carbocycles. The molecule has 11 heavy (non-hydrogen) atoms. The largest absolute Gasteiger partial charge is 0.317 e. The second-order valence-electron chi connectivity index (χ2n) is 3.79. The second kappa shape index (κ2) is 5.59. The molecule has 0 heterocycles. The molecule has 0 spiro atoms. The summed E-state index contributed by atoms with van der Waals surface area (Å²) >= 11 is 0. The first-order valence-corrected chi connectivity index (χ1v) is 4.80. The van der Waals surface area contributed by atoms with Gasteiger partial charge < -0.3 is 5.32 Å². The van der Waals surface area contributed by atoms with Crippen molar-refractivity contribution in [3.05, 3.63) is 0 Å². The molecule has 0 aromatic carbocycles. The molecule has 0 saturated heterocycles. The van der Waals surface area contributed by atoms with Gasteiger partial charge in [0.2, 0.25) is 0 Å². The Morgan fingerprint density at radius 2 is 1.73 bits per heavy atom. The molecule has 0 rings (SSSR count). The fourth-order valence-electron chi connectivity index (χ4n) is 1.45. The maximum atomic E-state index is 3.38. The third kappa shape index (κ3) is 3.76. The van der Waals surface area contributed by atoms with Gasteiger partial charge >= 0.3 is 0 Å². The van der Waals surface area contributed by atoms with Crippen LogP contribution in [-0.2, 0) is 0 Å². The second-order valence-corrected chi connectivity index (χ2v) is 3.79. The van der Waals surface area contributed by atoms with Crippen molar-refractivity contribution in [1.82, 2.24) is 5.32 Å². The van der Waals surface area contributed by atoms with E-state index in [0.717, 1.165) is 11.8 Å². The van der Waals surface area contributed by atoms with Gasteiger partial charge in [0.05, 0.1) is 0 Å². The van der Waals surface area contributed by atoms with E-state index in [9.17, 15) is 0 Å². The van der Waals surface area contributed by atoms with Gasteiger partial charge in [-0.3, -0.25) is 0 Å². The van der Waals surface area contributed by atoms with Crippen LogP contribution in [0.25, 0.3) is 0 Å². The average Bonchev–Trinajstić information content (AvgIpc) is 1.98. The monoisotopic (exact) mass is 157 g/mol. The van der Waals surface area contributed by atoms with Crippen molar-refractivity contribution in [2.75, 3.05) is 7.05 Å². The standard InChI is InChI=1S/C10H23N/c1-6-7-10(11-5)9(4)8(2)3/h8-11H,6-7H2,1-5H3. The zero-order valence-electron chi connectivity index (χ0n) is 8.65. The lowest BCUT2D eigenvalue weighted by Gasteiger charge is -2.26. The summed E-state index contributed by atoms with van der Waals surface area (Å²) in [5, 5.41) is 3.38. The topological polar surface area (TPSA) is 12.0 Å². The van der Waals surface area contributed by atoms with Crippen LogP contribution in [0, 0.1) is 11.8 Å². The van der Waals surface area contributed by atoms with Gasteiger partial charge in [-0.05, 0) is 25.3 Å². The molecule has 0 bridgehead atoms. The van der Waals surface area contributed by atoms with E-state index in [1.54, 1.807) is 0 Å². The third-order valence-electron chi connectivity index (χ3n) is 2.66. The zero-order valence-corrected chi connectivity index (χ0v) is 8.65. The quantitative estimate of drug-likeness (QED) is 0.647. The predicted octanol–water partition coefficient (Wildman–Crippen LogP) is 2.67. The lowest BCUT2D eigenvalue weighted by Crippen LogP contribution is -2.34. The Morgan fingerprint density at radius 3 is 2.00 bits per heavy atom.